The molecule has 1 aliphatic rings. The van der Waals surface area contributed by atoms with Gasteiger partial charge < -0.3 is 9.31 Å². The van der Waals surface area contributed by atoms with Gasteiger partial charge in [0.2, 0.25) is 0 Å². The lowest BCUT2D eigenvalue weighted by molar-refractivity contribution is -0.116. The van der Waals surface area contributed by atoms with E-state index in [4.69, 9.17) is 9.31 Å². The smallest absolute Gasteiger partial charge is 0.399 e. The molecule has 0 atom stereocenters. The Kier molecular flexibility index (Phi) is 5.77. The molecule has 1 aromatic rings. The fraction of sp³-hybridized carbons (Fsp3) is 0.588. The molecule has 1 aliphatic heterocycles. The number of Topliss-reactive ketones (excluding diaryl/α,β-unsaturated/α-hetero) is 1. The maximum absolute atomic E-state index is 11.1. The maximum Gasteiger partial charge on any atom is 0.494 e. The van der Waals surface area contributed by atoms with Gasteiger partial charge in [-0.2, -0.15) is 0 Å². The van der Waals surface area contributed by atoms with Crippen LogP contribution >= 0.6 is 0 Å². The van der Waals surface area contributed by atoms with E-state index in [1.165, 1.54) is 0 Å². The van der Waals surface area contributed by atoms with E-state index in [0.29, 0.717) is 6.42 Å². The Morgan fingerprint density at radius 2 is 1.43 bits per heavy atom. The summed E-state index contributed by atoms with van der Waals surface area (Å²) in [5.74, 6) is 0.170. The zero-order chi connectivity index (χ0) is 16.3. The predicted molar refractivity (Wildman–Crippen MR) is 87.9 cm³/mol. The zero-order valence-electron chi connectivity index (χ0n) is 14.3. The molecule has 0 unspecified atom stereocenters. The first-order chi connectivity index (χ1) is 9.71. The van der Waals surface area contributed by atoms with Crippen LogP contribution in [-0.2, 0) is 20.5 Å². The molecule has 0 aromatic heterocycles. The Morgan fingerprint density at radius 1 is 1.00 bits per heavy atom. The summed E-state index contributed by atoms with van der Waals surface area (Å²) in [5, 5.41) is 0. The third-order valence-corrected chi connectivity index (χ3v) is 3.96. The van der Waals surface area contributed by atoms with E-state index in [1.807, 2.05) is 65.8 Å². The molecule has 0 saturated carbocycles. The van der Waals surface area contributed by atoms with Crippen molar-refractivity contribution in [1.29, 1.82) is 0 Å². The molecule has 0 radical (unpaired) electrons. The molecule has 0 N–H and O–H groups in total. The summed E-state index contributed by atoms with van der Waals surface area (Å²) in [4.78, 5) is 11.1. The van der Waals surface area contributed by atoms with E-state index in [9.17, 15) is 4.79 Å². The van der Waals surface area contributed by atoms with Gasteiger partial charge in [-0.25, -0.2) is 0 Å². The third-order valence-electron chi connectivity index (χ3n) is 3.96. The van der Waals surface area contributed by atoms with E-state index in [2.05, 4.69) is 0 Å². The molecule has 21 heavy (non-hydrogen) atoms. The third kappa shape index (κ3) is 4.18. The lowest BCUT2D eigenvalue weighted by Crippen LogP contribution is -2.41. The van der Waals surface area contributed by atoms with Gasteiger partial charge in [0.1, 0.15) is 5.78 Å². The maximum atomic E-state index is 11.1. The van der Waals surface area contributed by atoms with Crippen LogP contribution in [0.4, 0.5) is 0 Å². The summed E-state index contributed by atoms with van der Waals surface area (Å²) in [5.41, 5.74) is 1.37. The minimum Gasteiger partial charge on any atom is -0.399 e. The van der Waals surface area contributed by atoms with Crippen molar-refractivity contribution in [3.05, 3.63) is 29.8 Å². The van der Waals surface area contributed by atoms with Gasteiger partial charge in [-0.15, -0.1) is 0 Å². The second-order valence-corrected chi connectivity index (χ2v) is 6.21. The topological polar surface area (TPSA) is 35.5 Å². The number of hydrogen-bond acceptors (Lipinski definition) is 3. The first-order valence-electron chi connectivity index (χ1n) is 7.65. The Labute approximate surface area is 129 Å². The molecule has 1 fully saturated rings. The second-order valence-electron chi connectivity index (χ2n) is 6.21. The molecule has 116 valence electrons. The van der Waals surface area contributed by atoms with Gasteiger partial charge in [-0.05, 0) is 45.6 Å². The lowest BCUT2D eigenvalue weighted by Gasteiger charge is -2.32. The van der Waals surface area contributed by atoms with Crippen LogP contribution in [0.2, 0.25) is 0 Å². The molecule has 1 saturated heterocycles. The highest BCUT2D eigenvalue weighted by molar-refractivity contribution is 6.62. The molecule has 0 bridgehead atoms. The zero-order valence-corrected chi connectivity index (χ0v) is 14.3. The van der Waals surface area contributed by atoms with Crippen molar-refractivity contribution in [2.75, 3.05) is 0 Å². The van der Waals surface area contributed by atoms with Gasteiger partial charge in [0.15, 0.2) is 0 Å². The van der Waals surface area contributed by atoms with Gasteiger partial charge in [0, 0.05) is 6.42 Å². The summed E-state index contributed by atoms with van der Waals surface area (Å²) >= 11 is 0. The Bertz CT molecular complexity index is 461. The predicted octanol–water partition coefficient (Wildman–Crippen LogP) is 3.14. The molecular weight excluding hydrogens is 263 g/mol. The number of rotatable bonds is 3. The van der Waals surface area contributed by atoms with Crippen LogP contribution < -0.4 is 5.46 Å². The monoisotopic (exact) mass is 290 g/mol. The van der Waals surface area contributed by atoms with E-state index in [1.54, 1.807) is 6.92 Å². The highest BCUT2D eigenvalue weighted by atomic mass is 16.7. The van der Waals surface area contributed by atoms with Crippen LogP contribution in [0.25, 0.3) is 0 Å². The van der Waals surface area contributed by atoms with E-state index in [0.717, 1.165) is 11.0 Å². The van der Waals surface area contributed by atoms with Crippen LogP contribution in [-0.4, -0.2) is 24.1 Å². The summed E-state index contributed by atoms with van der Waals surface area (Å²) in [6.07, 6.45) is 0.476. The average Bonchev–Trinajstić information content (AvgIpc) is 2.61. The van der Waals surface area contributed by atoms with Crippen molar-refractivity contribution < 1.29 is 14.1 Å². The van der Waals surface area contributed by atoms with Crippen LogP contribution in [0, 0.1) is 0 Å². The molecule has 2 rings (SSSR count). The van der Waals surface area contributed by atoms with E-state index in [-0.39, 0.29) is 24.1 Å². The summed E-state index contributed by atoms with van der Waals surface area (Å²) in [6, 6.07) is 7.87. The minimum atomic E-state index is -0.337. The highest BCUT2D eigenvalue weighted by Gasteiger charge is 2.51. The molecular formula is C17H27BO3. The Hall–Kier alpha value is -1.13. The number of ketones is 1. The van der Waals surface area contributed by atoms with Gasteiger partial charge >= 0.3 is 7.12 Å². The fourth-order valence-corrected chi connectivity index (χ4v) is 2.06. The van der Waals surface area contributed by atoms with Crippen molar-refractivity contribution in [3.8, 4) is 0 Å². The molecule has 0 spiro atoms. The van der Waals surface area contributed by atoms with Gasteiger partial charge in [0.05, 0.1) is 11.2 Å². The molecule has 3 nitrogen and oxygen atoms in total. The minimum absolute atomic E-state index is 0.170. The Balaban J connectivity index is 0.00000106. The van der Waals surface area contributed by atoms with Crippen molar-refractivity contribution in [2.24, 2.45) is 0 Å². The van der Waals surface area contributed by atoms with Crippen molar-refractivity contribution >= 4 is 18.4 Å². The number of carbonyl (C=O) groups excluding carboxylic acids is 1. The van der Waals surface area contributed by atoms with Gasteiger partial charge in [-0.1, -0.05) is 38.1 Å². The van der Waals surface area contributed by atoms with E-state index < -0.39 is 0 Å². The van der Waals surface area contributed by atoms with Crippen LogP contribution in [0.3, 0.4) is 0 Å². The van der Waals surface area contributed by atoms with Crippen LogP contribution in [0.5, 0.6) is 0 Å². The molecule has 1 aromatic carbocycles. The first kappa shape index (κ1) is 17.9. The number of benzene rings is 1. The number of hydrogen-bond donors (Lipinski definition) is 0. The quantitative estimate of drug-likeness (QED) is 0.802. The van der Waals surface area contributed by atoms with Crippen LogP contribution in [0.1, 0.15) is 54.0 Å². The van der Waals surface area contributed by atoms with Gasteiger partial charge in [0.25, 0.3) is 0 Å². The summed E-state index contributed by atoms with van der Waals surface area (Å²) in [7, 11) is -0.337. The highest BCUT2D eigenvalue weighted by Crippen LogP contribution is 2.36. The molecule has 1 heterocycles. The largest absolute Gasteiger partial charge is 0.494 e. The first-order valence-corrected chi connectivity index (χ1v) is 7.65. The van der Waals surface area contributed by atoms with Crippen LogP contribution in [0.15, 0.2) is 24.3 Å². The standard InChI is InChI=1S/C15H21BO3.C2H6/c1-11(17)10-12-6-8-13(9-7-12)16-18-14(2,3)15(4,5)19-16;1-2/h6-9H,10H2,1-5H3;1-2H3. The molecule has 0 amide bonds. The Morgan fingerprint density at radius 3 is 1.81 bits per heavy atom. The number of carbonyl (C=O) groups is 1. The van der Waals surface area contributed by atoms with Crippen molar-refractivity contribution in [3.63, 3.8) is 0 Å². The summed E-state index contributed by atoms with van der Waals surface area (Å²) < 4.78 is 12.0. The van der Waals surface area contributed by atoms with Crippen molar-refractivity contribution in [2.45, 2.75) is 66.1 Å². The lowest BCUT2D eigenvalue weighted by atomic mass is 9.78. The summed E-state index contributed by atoms with van der Waals surface area (Å²) in [6.45, 7) is 13.8. The molecule has 4 heteroatoms. The SMILES string of the molecule is CC.CC(=O)Cc1ccc(B2OC(C)(C)C(C)(C)O2)cc1. The van der Waals surface area contributed by atoms with Crippen molar-refractivity contribution in [1.82, 2.24) is 0 Å². The second kappa shape index (κ2) is 6.76. The normalized spacial score (nSPS) is 18.9. The molecule has 0 aliphatic carbocycles. The average molecular weight is 290 g/mol. The van der Waals surface area contributed by atoms with E-state index >= 15 is 0 Å². The fourth-order valence-electron chi connectivity index (χ4n) is 2.06. The van der Waals surface area contributed by atoms with Gasteiger partial charge in [-0.3, -0.25) is 4.79 Å².